The van der Waals surface area contributed by atoms with Crippen LogP contribution in [0.25, 0.3) is 0 Å². The fraction of sp³-hybridized carbons (Fsp3) is 0.400. The van der Waals surface area contributed by atoms with Gasteiger partial charge in [-0.3, -0.25) is 4.79 Å². The van der Waals surface area contributed by atoms with Crippen molar-refractivity contribution in [1.29, 1.82) is 0 Å². The molecule has 110 valence electrons. The summed E-state index contributed by atoms with van der Waals surface area (Å²) in [5.74, 6) is 0.160. The molecule has 0 aromatic heterocycles. The zero-order valence-electron chi connectivity index (χ0n) is 11.6. The summed E-state index contributed by atoms with van der Waals surface area (Å²) in [4.78, 5) is 10.6. The number of carbonyl (C=O) groups is 1. The molecule has 0 unspecified atom stereocenters. The largest absolute Gasteiger partial charge is 0.484 e. The number of ether oxygens (including phenoxy) is 2. The number of hydrogen-bond donors (Lipinski definition) is 2. The van der Waals surface area contributed by atoms with Gasteiger partial charge in [-0.25, -0.2) is 0 Å². The van der Waals surface area contributed by atoms with Gasteiger partial charge in [-0.15, -0.1) is 6.58 Å². The van der Waals surface area contributed by atoms with Crippen molar-refractivity contribution in [2.45, 2.75) is 13.0 Å². The third kappa shape index (κ3) is 7.56. The van der Waals surface area contributed by atoms with Gasteiger partial charge in [-0.05, 0) is 24.1 Å². The average molecular weight is 278 g/mol. The van der Waals surface area contributed by atoms with E-state index in [4.69, 9.17) is 15.2 Å². The van der Waals surface area contributed by atoms with Crippen LogP contribution in [0.15, 0.2) is 36.9 Å². The second kappa shape index (κ2) is 10.00. The normalized spacial score (nSPS) is 10.2. The Morgan fingerprint density at radius 3 is 2.70 bits per heavy atom. The molecule has 5 heteroatoms. The van der Waals surface area contributed by atoms with E-state index < -0.39 is 5.91 Å². The molecule has 0 heterocycles. The highest BCUT2D eigenvalue weighted by atomic mass is 16.5. The molecule has 1 aromatic rings. The molecule has 0 aliphatic carbocycles. The molecule has 0 radical (unpaired) electrons. The van der Waals surface area contributed by atoms with Crippen LogP contribution in [0, 0.1) is 0 Å². The topological polar surface area (TPSA) is 73.6 Å². The van der Waals surface area contributed by atoms with Crippen LogP contribution in [0.1, 0.15) is 12.0 Å². The Labute approximate surface area is 119 Å². The molecule has 0 aliphatic heterocycles. The summed E-state index contributed by atoms with van der Waals surface area (Å²) in [5.41, 5.74) is 6.14. The van der Waals surface area contributed by atoms with Crippen LogP contribution in [0.5, 0.6) is 5.75 Å². The Bertz CT molecular complexity index is 404. The summed E-state index contributed by atoms with van der Waals surface area (Å²) in [6.45, 7) is 6.51. The second-order valence-electron chi connectivity index (χ2n) is 4.27. The van der Waals surface area contributed by atoms with E-state index in [0.717, 1.165) is 31.7 Å². The van der Waals surface area contributed by atoms with Crippen molar-refractivity contribution in [2.75, 3.05) is 26.4 Å². The van der Waals surface area contributed by atoms with Crippen LogP contribution in [-0.4, -0.2) is 32.3 Å². The summed E-state index contributed by atoms with van der Waals surface area (Å²) < 4.78 is 10.6. The predicted molar refractivity (Wildman–Crippen MR) is 78.5 cm³/mol. The summed E-state index contributed by atoms with van der Waals surface area (Å²) >= 11 is 0. The van der Waals surface area contributed by atoms with Crippen LogP contribution < -0.4 is 15.8 Å². The van der Waals surface area contributed by atoms with Gasteiger partial charge in [0, 0.05) is 13.1 Å². The van der Waals surface area contributed by atoms with Crippen molar-refractivity contribution in [3.05, 3.63) is 42.5 Å². The molecular formula is C15H22N2O3. The number of primary amides is 1. The zero-order valence-corrected chi connectivity index (χ0v) is 11.6. The smallest absolute Gasteiger partial charge is 0.255 e. The molecule has 20 heavy (non-hydrogen) atoms. The van der Waals surface area contributed by atoms with Crippen molar-refractivity contribution in [1.82, 2.24) is 5.32 Å². The van der Waals surface area contributed by atoms with E-state index in [1.54, 1.807) is 0 Å². The first kappa shape index (κ1) is 16.2. The Hall–Kier alpha value is -1.85. The van der Waals surface area contributed by atoms with Gasteiger partial charge in [-0.1, -0.05) is 18.2 Å². The highest BCUT2D eigenvalue weighted by molar-refractivity contribution is 5.75. The minimum Gasteiger partial charge on any atom is -0.484 e. The lowest BCUT2D eigenvalue weighted by Gasteiger charge is -2.07. The SMILES string of the molecule is C=CCCOCCNCc1ccc(OCC(N)=O)cc1. The number of nitrogens with one attached hydrogen (secondary N) is 1. The highest BCUT2D eigenvalue weighted by Gasteiger charge is 1.98. The van der Waals surface area contributed by atoms with Crippen LogP contribution in [0.4, 0.5) is 0 Å². The number of rotatable bonds is 11. The molecule has 1 rings (SSSR count). The molecule has 1 aromatic carbocycles. The van der Waals surface area contributed by atoms with Gasteiger partial charge in [0.25, 0.3) is 5.91 Å². The fourth-order valence-corrected chi connectivity index (χ4v) is 1.50. The maximum absolute atomic E-state index is 10.6. The van der Waals surface area contributed by atoms with E-state index in [9.17, 15) is 4.79 Å². The average Bonchev–Trinajstić information content (AvgIpc) is 2.45. The summed E-state index contributed by atoms with van der Waals surface area (Å²) in [7, 11) is 0. The van der Waals surface area contributed by atoms with Crippen LogP contribution in [-0.2, 0) is 16.1 Å². The Kier molecular flexibility index (Phi) is 8.10. The minimum absolute atomic E-state index is 0.0976. The van der Waals surface area contributed by atoms with Gasteiger partial charge in [0.05, 0.1) is 13.2 Å². The number of carbonyl (C=O) groups excluding carboxylic acids is 1. The highest BCUT2D eigenvalue weighted by Crippen LogP contribution is 2.11. The van der Waals surface area contributed by atoms with E-state index >= 15 is 0 Å². The van der Waals surface area contributed by atoms with E-state index in [2.05, 4.69) is 11.9 Å². The van der Waals surface area contributed by atoms with Crippen LogP contribution >= 0.6 is 0 Å². The first-order valence-corrected chi connectivity index (χ1v) is 6.62. The maximum Gasteiger partial charge on any atom is 0.255 e. The van der Waals surface area contributed by atoms with Gasteiger partial charge in [-0.2, -0.15) is 0 Å². The lowest BCUT2D eigenvalue weighted by molar-refractivity contribution is -0.119. The molecule has 0 spiro atoms. The minimum atomic E-state index is -0.479. The standard InChI is InChI=1S/C15H22N2O3/c1-2-3-9-19-10-8-17-11-13-4-6-14(7-5-13)20-12-15(16)18/h2,4-7,17H,1,3,8-12H2,(H2,16,18). The molecule has 0 saturated heterocycles. The lowest BCUT2D eigenvalue weighted by atomic mass is 10.2. The predicted octanol–water partition coefficient (Wildman–Crippen LogP) is 1.23. The van der Waals surface area contributed by atoms with Crippen molar-refractivity contribution in [2.24, 2.45) is 5.73 Å². The monoisotopic (exact) mass is 278 g/mol. The van der Waals surface area contributed by atoms with Gasteiger partial charge < -0.3 is 20.5 Å². The molecule has 0 atom stereocenters. The molecule has 0 aliphatic rings. The van der Waals surface area contributed by atoms with E-state index in [0.29, 0.717) is 12.4 Å². The summed E-state index contributed by atoms with van der Waals surface area (Å²) in [6.07, 6.45) is 2.72. The van der Waals surface area contributed by atoms with Crippen LogP contribution in [0.2, 0.25) is 0 Å². The third-order valence-electron chi connectivity index (χ3n) is 2.52. The van der Waals surface area contributed by atoms with Crippen LogP contribution in [0.3, 0.4) is 0 Å². The number of nitrogens with two attached hydrogens (primary N) is 1. The Morgan fingerprint density at radius 2 is 2.05 bits per heavy atom. The quantitative estimate of drug-likeness (QED) is 0.472. The second-order valence-corrected chi connectivity index (χ2v) is 4.27. The van der Waals surface area contributed by atoms with Gasteiger partial charge in [0.15, 0.2) is 6.61 Å². The van der Waals surface area contributed by atoms with Crippen molar-refractivity contribution < 1.29 is 14.3 Å². The maximum atomic E-state index is 10.6. The van der Waals surface area contributed by atoms with Gasteiger partial charge >= 0.3 is 0 Å². The van der Waals surface area contributed by atoms with E-state index in [-0.39, 0.29) is 6.61 Å². The summed E-state index contributed by atoms with van der Waals surface area (Å²) in [6, 6.07) is 7.53. The molecular weight excluding hydrogens is 256 g/mol. The van der Waals surface area contributed by atoms with Crippen molar-refractivity contribution in [3.63, 3.8) is 0 Å². The van der Waals surface area contributed by atoms with Gasteiger partial charge in [0.2, 0.25) is 0 Å². The lowest BCUT2D eigenvalue weighted by Crippen LogP contribution is -2.20. The first-order chi connectivity index (χ1) is 9.72. The van der Waals surface area contributed by atoms with Crippen molar-refractivity contribution in [3.8, 4) is 5.75 Å². The number of hydrogen-bond acceptors (Lipinski definition) is 4. The number of benzene rings is 1. The molecule has 0 bridgehead atoms. The molecule has 1 amide bonds. The molecule has 5 nitrogen and oxygen atoms in total. The summed E-state index contributed by atoms with van der Waals surface area (Å²) in [5, 5.41) is 3.28. The zero-order chi connectivity index (χ0) is 14.6. The third-order valence-corrected chi connectivity index (χ3v) is 2.52. The Morgan fingerprint density at radius 1 is 1.30 bits per heavy atom. The Balaban J connectivity index is 2.14. The first-order valence-electron chi connectivity index (χ1n) is 6.62. The fourth-order valence-electron chi connectivity index (χ4n) is 1.50. The van der Waals surface area contributed by atoms with E-state index in [1.807, 2.05) is 30.3 Å². The van der Waals surface area contributed by atoms with Crippen molar-refractivity contribution >= 4 is 5.91 Å². The molecule has 0 fully saturated rings. The van der Waals surface area contributed by atoms with Gasteiger partial charge in [0.1, 0.15) is 5.75 Å². The van der Waals surface area contributed by atoms with E-state index in [1.165, 1.54) is 0 Å². The molecule has 3 N–H and O–H groups in total. The molecule has 0 saturated carbocycles. The number of amides is 1.